The molecule has 1 fully saturated rings. The summed E-state index contributed by atoms with van der Waals surface area (Å²) in [6, 6.07) is 20.9. The van der Waals surface area contributed by atoms with Crippen LogP contribution in [0.2, 0.25) is 0 Å². The monoisotopic (exact) mass is 437 g/mol. The van der Waals surface area contributed by atoms with Gasteiger partial charge in [-0.1, -0.05) is 18.2 Å². The fraction of sp³-hybridized carbons (Fsp3) is 0.182. The molecule has 0 bridgehead atoms. The smallest absolute Gasteiger partial charge is 0.253 e. The van der Waals surface area contributed by atoms with E-state index in [0.29, 0.717) is 24.4 Å². The molecule has 3 aromatic rings. The number of hydrogen-bond acceptors (Lipinski definition) is 4. The first-order valence-corrected chi connectivity index (χ1v) is 9.97. The predicted octanol–water partition coefficient (Wildman–Crippen LogP) is 4.60. The first-order valence-electron chi connectivity index (χ1n) is 9.18. The van der Waals surface area contributed by atoms with Crippen LogP contribution in [-0.2, 0) is 0 Å². The molecule has 0 unspecified atom stereocenters. The number of ether oxygens (including phenoxy) is 1. The second-order valence-corrected chi connectivity index (χ2v) is 7.47. The first kappa shape index (κ1) is 18.5. The van der Waals surface area contributed by atoms with Crippen LogP contribution in [0.1, 0.15) is 10.4 Å². The van der Waals surface area contributed by atoms with Gasteiger partial charge in [-0.2, -0.15) is 0 Å². The van der Waals surface area contributed by atoms with Gasteiger partial charge in [0.05, 0.1) is 0 Å². The van der Waals surface area contributed by atoms with E-state index < -0.39 is 0 Å². The molecule has 0 saturated carbocycles. The van der Waals surface area contributed by atoms with Crippen LogP contribution in [-0.4, -0.2) is 42.0 Å². The number of nitrogens with zero attached hydrogens (tertiary/aromatic N) is 3. The average molecular weight is 438 g/mol. The molecule has 0 N–H and O–H groups in total. The van der Waals surface area contributed by atoms with Gasteiger partial charge in [-0.3, -0.25) is 4.79 Å². The Balaban J connectivity index is 1.35. The summed E-state index contributed by atoms with van der Waals surface area (Å²) in [6.07, 6.45) is 1.80. The molecule has 1 aromatic heterocycles. The number of anilines is 1. The van der Waals surface area contributed by atoms with E-state index in [1.807, 2.05) is 71.6 Å². The average Bonchev–Trinajstić information content (AvgIpc) is 2.75. The van der Waals surface area contributed by atoms with E-state index >= 15 is 0 Å². The number of amides is 1. The van der Waals surface area contributed by atoms with E-state index in [2.05, 4.69) is 25.8 Å². The van der Waals surface area contributed by atoms with E-state index in [-0.39, 0.29) is 5.91 Å². The molecule has 142 valence electrons. The number of piperazine rings is 1. The minimum Gasteiger partial charge on any atom is -0.457 e. The zero-order valence-corrected chi connectivity index (χ0v) is 16.9. The van der Waals surface area contributed by atoms with Crippen molar-refractivity contribution >= 4 is 27.7 Å². The summed E-state index contributed by atoms with van der Waals surface area (Å²) in [4.78, 5) is 21.3. The van der Waals surface area contributed by atoms with Crippen molar-refractivity contribution in [2.45, 2.75) is 0 Å². The number of aromatic nitrogens is 1. The Morgan fingerprint density at radius 2 is 1.54 bits per heavy atom. The van der Waals surface area contributed by atoms with Gasteiger partial charge >= 0.3 is 0 Å². The van der Waals surface area contributed by atoms with Gasteiger partial charge in [0.1, 0.15) is 17.3 Å². The second-order valence-electron chi connectivity index (χ2n) is 6.55. The quantitative estimate of drug-likeness (QED) is 0.598. The number of benzene rings is 2. The second kappa shape index (κ2) is 8.44. The van der Waals surface area contributed by atoms with Gasteiger partial charge in [0, 0.05) is 42.4 Å². The molecule has 2 heterocycles. The summed E-state index contributed by atoms with van der Waals surface area (Å²) in [6.45, 7) is 2.91. The molecule has 4 rings (SSSR count). The van der Waals surface area contributed by atoms with Gasteiger partial charge in [0.2, 0.25) is 0 Å². The van der Waals surface area contributed by atoms with Crippen molar-refractivity contribution in [1.82, 2.24) is 9.88 Å². The number of pyridine rings is 1. The molecular weight excluding hydrogens is 418 g/mol. The Labute approximate surface area is 172 Å². The molecular formula is C22H20BrN3O2. The molecule has 1 aliphatic heterocycles. The zero-order valence-electron chi connectivity index (χ0n) is 15.3. The Hall–Kier alpha value is -2.86. The van der Waals surface area contributed by atoms with Crippen LogP contribution in [0, 0.1) is 0 Å². The first-order chi connectivity index (χ1) is 13.7. The number of para-hydroxylation sites is 1. The fourth-order valence-electron chi connectivity index (χ4n) is 3.17. The standard InChI is InChI=1S/C22H20BrN3O2/c23-18-8-11-21(24-16-18)25-12-14-26(15-13-25)22(27)17-6-9-20(10-7-17)28-19-4-2-1-3-5-19/h1-11,16H,12-15H2. The molecule has 0 atom stereocenters. The van der Waals surface area contributed by atoms with Crippen molar-refractivity contribution in [2.75, 3.05) is 31.1 Å². The predicted molar refractivity (Wildman–Crippen MR) is 113 cm³/mol. The third-order valence-electron chi connectivity index (χ3n) is 4.68. The van der Waals surface area contributed by atoms with Crippen molar-refractivity contribution < 1.29 is 9.53 Å². The Bertz CT molecular complexity index is 922. The van der Waals surface area contributed by atoms with E-state index in [0.717, 1.165) is 29.1 Å². The molecule has 2 aromatic carbocycles. The van der Waals surface area contributed by atoms with E-state index in [4.69, 9.17) is 4.74 Å². The Morgan fingerprint density at radius 1 is 0.857 bits per heavy atom. The van der Waals surface area contributed by atoms with E-state index in [1.54, 1.807) is 6.20 Å². The molecule has 0 aliphatic carbocycles. The minimum absolute atomic E-state index is 0.0506. The molecule has 1 saturated heterocycles. The molecule has 6 heteroatoms. The maximum atomic E-state index is 12.8. The van der Waals surface area contributed by atoms with Crippen molar-refractivity contribution in [3.63, 3.8) is 0 Å². The van der Waals surface area contributed by atoms with Crippen LogP contribution in [0.15, 0.2) is 77.4 Å². The summed E-state index contributed by atoms with van der Waals surface area (Å²) in [5, 5.41) is 0. The van der Waals surface area contributed by atoms with Gasteiger partial charge < -0.3 is 14.5 Å². The summed E-state index contributed by atoms with van der Waals surface area (Å²) in [7, 11) is 0. The fourth-order valence-corrected chi connectivity index (χ4v) is 3.40. The number of carbonyl (C=O) groups is 1. The van der Waals surface area contributed by atoms with Gasteiger partial charge in [-0.15, -0.1) is 0 Å². The van der Waals surface area contributed by atoms with Crippen molar-refractivity contribution in [3.8, 4) is 11.5 Å². The summed E-state index contributed by atoms with van der Waals surface area (Å²) >= 11 is 3.40. The molecule has 28 heavy (non-hydrogen) atoms. The number of hydrogen-bond donors (Lipinski definition) is 0. The van der Waals surface area contributed by atoms with Crippen LogP contribution in [0.5, 0.6) is 11.5 Å². The van der Waals surface area contributed by atoms with Gasteiger partial charge in [0.25, 0.3) is 5.91 Å². The maximum absolute atomic E-state index is 12.8. The third-order valence-corrected chi connectivity index (χ3v) is 5.15. The van der Waals surface area contributed by atoms with E-state index in [1.165, 1.54) is 0 Å². The highest BCUT2D eigenvalue weighted by molar-refractivity contribution is 9.10. The lowest BCUT2D eigenvalue weighted by molar-refractivity contribution is 0.0746. The maximum Gasteiger partial charge on any atom is 0.253 e. The van der Waals surface area contributed by atoms with Crippen LogP contribution in [0.3, 0.4) is 0 Å². The number of rotatable bonds is 4. The lowest BCUT2D eigenvalue weighted by Crippen LogP contribution is -2.49. The number of halogens is 1. The Morgan fingerprint density at radius 3 is 2.18 bits per heavy atom. The van der Waals surface area contributed by atoms with Crippen molar-refractivity contribution in [2.24, 2.45) is 0 Å². The van der Waals surface area contributed by atoms with Gasteiger partial charge in [0.15, 0.2) is 0 Å². The number of carbonyl (C=O) groups excluding carboxylic acids is 1. The van der Waals surface area contributed by atoms with Crippen molar-refractivity contribution in [3.05, 3.63) is 83.0 Å². The molecule has 0 radical (unpaired) electrons. The van der Waals surface area contributed by atoms with Crippen LogP contribution in [0.25, 0.3) is 0 Å². The highest BCUT2D eigenvalue weighted by atomic mass is 79.9. The van der Waals surface area contributed by atoms with Crippen molar-refractivity contribution in [1.29, 1.82) is 0 Å². The van der Waals surface area contributed by atoms with Gasteiger partial charge in [-0.05, 0) is 64.5 Å². The minimum atomic E-state index is 0.0506. The van der Waals surface area contributed by atoms with E-state index in [9.17, 15) is 4.79 Å². The highest BCUT2D eigenvalue weighted by Crippen LogP contribution is 2.22. The topological polar surface area (TPSA) is 45.7 Å². The summed E-state index contributed by atoms with van der Waals surface area (Å²) in [5.74, 6) is 2.49. The normalized spacial score (nSPS) is 14.0. The highest BCUT2D eigenvalue weighted by Gasteiger charge is 2.22. The lowest BCUT2D eigenvalue weighted by atomic mass is 10.1. The van der Waals surface area contributed by atoms with Gasteiger partial charge in [-0.25, -0.2) is 4.98 Å². The zero-order chi connectivity index (χ0) is 19.3. The molecule has 0 spiro atoms. The van der Waals surface area contributed by atoms with Crippen LogP contribution < -0.4 is 9.64 Å². The third kappa shape index (κ3) is 4.34. The SMILES string of the molecule is O=C(c1ccc(Oc2ccccc2)cc1)N1CCN(c2ccc(Br)cn2)CC1. The Kier molecular flexibility index (Phi) is 5.58. The molecule has 1 aliphatic rings. The summed E-state index contributed by atoms with van der Waals surface area (Å²) in [5.41, 5.74) is 0.677. The largest absolute Gasteiger partial charge is 0.457 e. The lowest BCUT2D eigenvalue weighted by Gasteiger charge is -2.35. The van der Waals surface area contributed by atoms with Crippen LogP contribution >= 0.6 is 15.9 Å². The summed E-state index contributed by atoms with van der Waals surface area (Å²) < 4.78 is 6.75. The van der Waals surface area contributed by atoms with Crippen LogP contribution in [0.4, 0.5) is 5.82 Å². The molecule has 1 amide bonds. The molecule has 5 nitrogen and oxygen atoms in total.